The lowest BCUT2D eigenvalue weighted by molar-refractivity contribution is -0.114. The molecule has 160 valence electrons. The van der Waals surface area contributed by atoms with Crippen LogP contribution in [0, 0.1) is 5.92 Å². The Hall–Kier alpha value is -2.71. The average molecular weight is 430 g/mol. The lowest BCUT2D eigenvalue weighted by Gasteiger charge is -2.32. The fourth-order valence-corrected chi connectivity index (χ4v) is 4.64. The third-order valence-electron chi connectivity index (χ3n) is 5.25. The molecule has 0 bridgehead atoms. The first kappa shape index (κ1) is 22.0. The maximum atomic E-state index is 12.5. The van der Waals surface area contributed by atoms with Gasteiger partial charge in [0.1, 0.15) is 0 Å². The monoisotopic (exact) mass is 429 g/mol. The number of sulfonamides is 1. The molecule has 0 aromatic heterocycles. The Kier molecular flexibility index (Phi) is 7.23. The summed E-state index contributed by atoms with van der Waals surface area (Å²) < 4.78 is 27.6. The summed E-state index contributed by atoms with van der Waals surface area (Å²) >= 11 is 0. The molecular formula is C22H27N3O4S. The zero-order chi connectivity index (χ0) is 21.6. The summed E-state index contributed by atoms with van der Waals surface area (Å²) in [5.74, 6) is 0.229. The molecule has 7 nitrogen and oxygen atoms in total. The molecular weight excluding hydrogens is 402 g/mol. The number of amides is 2. The minimum Gasteiger partial charge on any atom is -0.339 e. The zero-order valence-corrected chi connectivity index (χ0v) is 17.8. The smallest absolute Gasteiger partial charge is 0.253 e. The standard InChI is InChI=1S/C22H27N3O4S/c1-17(26)24-20-7-9-21(10-8-20)30(28,29)23-14-11-18-12-15-25(16-13-18)22(27)19-5-3-2-4-6-19/h2-10,18,23H,11-16H2,1H3,(H,24,26). The number of rotatable bonds is 7. The molecule has 0 aliphatic carbocycles. The van der Waals surface area contributed by atoms with Crippen molar-refractivity contribution in [3.63, 3.8) is 0 Å². The molecule has 1 aliphatic heterocycles. The van der Waals surface area contributed by atoms with E-state index in [1.54, 1.807) is 12.1 Å². The number of benzene rings is 2. The second-order valence-electron chi connectivity index (χ2n) is 7.49. The van der Waals surface area contributed by atoms with Crippen LogP contribution in [0.1, 0.15) is 36.5 Å². The van der Waals surface area contributed by atoms with Gasteiger partial charge in [-0.1, -0.05) is 18.2 Å². The normalized spacial score (nSPS) is 15.0. The summed E-state index contributed by atoms with van der Waals surface area (Å²) in [5.41, 5.74) is 1.26. The minimum atomic E-state index is -3.59. The van der Waals surface area contributed by atoms with E-state index in [0.29, 0.717) is 36.8 Å². The van der Waals surface area contributed by atoms with Crippen molar-refractivity contribution in [2.45, 2.75) is 31.1 Å². The number of nitrogens with zero attached hydrogens (tertiary/aromatic N) is 1. The number of likely N-dealkylation sites (tertiary alicyclic amines) is 1. The summed E-state index contributed by atoms with van der Waals surface area (Å²) in [5, 5.41) is 2.61. The van der Waals surface area contributed by atoms with E-state index in [1.807, 2.05) is 35.2 Å². The van der Waals surface area contributed by atoms with Gasteiger partial charge in [-0.15, -0.1) is 0 Å². The molecule has 0 saturated carbocycles. The van der Waals surface area contributed by atoms with Gasteiger partial charge in [0, 0.05) is 37.8 Å². The molecule has 30 heavy (non-hydrogen) atoms. The molecule has 2 N–H and O–H groups in total. The second-order valence-corrected chi connectivity index (χ2v) is 9.26. The van der Waals surface area contributed by atoms with Crippen LogP contribution in [-0.4, -0.2) is 44.8 Å². The van der Waals surface area contributed by atoms with Gasteiger partial charge in [-0.3, -0.25) is 9.59 Å². The highest BCUT2D eigenvalue weighted by Crippen LogP contribution is 2.22. The highest BCUT2D eigenvalue weighted by Gasteiger charge is 2.24. The van der Waals surface area contributed by atoms with Gasteiger partial charge in [0.05, 0.1) is 4.90 Å². The Bertz CT molecular complexity index is 967. The molecule has 0 unspecified atom stereocenters. The number of hydrogen-bond acceptors (Lipinski definition) is 4. The van der Waals surface area contributed by atoms with E-state index in [-0.39, 0.29) is 16.7 Å². The van der Waals surface area contributed by atoms with Crippen LogP contribution in [0.4, 0.5) is 5.69 Å². The molecule has 1 saturated heterocycles. The van der Waals surface area contributed by atoms with Gasteiger partial charge >= 0.3 is 0 Å². The topological polar surface area (TPSA) is 95.6 Å². The van der Waals surface area contributed by atoms with Crippen LogP contribution in [0.3, 0.4) is 0 Å². The van der Waals surface area contributed by atoms with Crippen molar-refractivity contribution < 1.29 is 18.0 Å². The summed E-state index contributed by atoms with van der Waals surface area (Å²) in [6.45, 7) is 3.13. The third kappa shape index (κ3) is 5.90. The molecule has 1 fully saturated rings. The Morgan fingerprint density at radius 3 is 2.23 bits per heavy atom. The van der Waals surface area contributed by atoms with Crippen LogP contribution >= 0.6 is 0 Å². The fraction of sp³-hybridized carbons (Fsp3) is 0.364. The Labute approximate surface area is 177 Å². The quantitative estimate of drug-likeness (QED) is 0.707. The average Bonchev–Trinajstić information content (AvgIpc) is 2.74. The summed E-state index contributed by atoms with van der Waals surface area (Å²) in [6, 6.07) is 15.3. The van der Waals surface area contributed by atoms with Gasteiger partial charge in [0.2, 0.25) is 15.9 Å². The molecule has 3 rings (SSSR count). The number of nitrogens with one attached hydrogen (secondary N) is 2. The molecule has 2 amide bonds. The van der Waals surface area contributed by atoms with Crippen LogP contribution in [0.2, 0.25) is 0 Å². The highest BCUT2D eigenvalue weighted by molar-refractivity contribution is 7.89. The van der Waals surface area contributed by atoms with E-state index in [1.165, 1.54) is 19.1 Å². The fourth-order valence-electron chi connectivity index (χ4n) is 3.59. The third-order valence-corrected chi connectivity index (χ3v) is 6.73. The number of carbonyl (C=O) groups is 2. The van der Waals surface area contributed by atoms with Crippen molar-refractivity contribution >= 4 is 27.5 Å². The van der Waals surface area contributed by atoms with Crippen molar-refractivity contribution in [2.24, 2.45) is 5.92 Å². The molecule has 8 heteroatoms. The van der Waals surface area contributed by atoms with Crippen LogP contribution in [0.25, 0.3) is 0 Å². The van der Waals surface area contributed by atoms with E-state index in [4.69, 9.17) is 0 Å². The molecule has 2 aromatic carbocycles. The molecule has 1 heterocycles. The van der Waals surface area contributed by atoms with E-state index < -0.39 is 10.0 Å². The number of piperidine rings is 1. The van der Waals surface area contributed by atoms with Crippen molar-refractivity contribution in [1.82, 2.24) is 9.62 Å². The van der Waals surface area contributed by atoms with Crippen LogP contribution in [0.15, 0.2) is 59.5 Å². The van der Waals surface area contributed by atoms with Gasteiger partial charge in [-0.05, 0) is 61.6 Å². The van der Waals surface area contributed by atoms with Crippen molar-refractivity contribution in [1.29, 1.82) is 0 Å². The van der Waals surface area contributed by atoms with Gasteiger partial charge in [-0.25, -0.2) is 13.1 Å². The van der Waals surface area contributed by atoms with Gasteiger partial charge in [0.25, 0.3) is 5.91 Å². The number of anilines is 1. The van der Waals surface area contributed by atoms with E-state index in [9.17, 15) is 18.0 Å². The lowest BCUT2D eigenvalue weighted by Crippen LogP contribution is -2.39. The van der Waals surface area contributed by atoms with E-state index in [0.717, 1.165) is 19.3 Å². The molecule has 2 aromatic rings. The second kappa shape index (κ2) is 9.86. The van der Waals surface area contributed by atoms with E-state index >= 15 is 0 Å². The summed E-state index contributed by atoms with van der Waals surface area (Å²) in [7, 11) is -3.59. The first-order valence-corrected chi connectivity index (χ1v) is 11.5. The van der Waals surface area contributed by atoms with Gasteiger partial charge < -0.3 is 10.2 Å². The number of carbonyl (C=O) groups excluding carboxylic acids is 2. The Morgan fingerprint density at radius 2 is 1.63 bits per heavy atom. The Balaban J connectivity index is 1.44. The van der Waals surface area contributed by atoms with Crippen molar-refractivity contribution in [2.75, 3.05) is 25.0 Å². The first-order chi connectivity index (χ1) is 14.3. The van der Waals surface area contributed by atoms with Crippen LogP contribution in [0.5, 0.6) is 0 Å². The minimum absolute atomic E-state index is 0.0532. The predicted molar refractivity (Wildman–Crippen MR) is 116 cm³/mol. The van der Waals surface area contributed by atoms with Gasteiger partial charge in [0.15, 0.2) is 0 Å². The van der Waals surface area contributed by atoms with Crippen molar-refractivity contribution in [3.05, 3.63) is 60.2 Å². The zero-order valence-electron chi connectivity index (χ0n) is 17.0. The lowest BCUT2D eigenvalue weighted by atomic mass is 9.93. The number of hydrogen-bond donors (Lipinski definition) is 2. The SMILES string of the molecule is CC(=O)Nc1ccc(S(=O)(=O)NCCC2CCN(C(=O)c3ccccc3)CC2)cc1. The molecule has 0 radical (unpaired) electrons. The maximum absolute atomic E-state index is 12.5. The van der Waals surface area contributed by atoms with Crippen LogP contribution < -0.4 is 10.0 Å². The highest BCUT2D eigenvalue weighted by atomic mass is 32.2. The van der Waals surface area contributed by atoms with Gasteiger partial charge in [-0.2, -0.15) is 0 Å². The summed E-state index contributed by atoms with van der Waals surface area (Å²) in [4.78, 5) is 25.6. The molecule has 0 spiro atoms. The molecule has 1 aliphatic rings. The molecule has 0 atom stereocenters. The maximum Gasteiger partial charge on any atom is 0.253 e. The predicted octanol–water partition coefficient (Wildman–Crippen LogP) is 2.87. The van der Waals surface area contributed by atoms with Crippen molar-refractivity contribution in [3.8, 4) is 0 Å². The van der Waals surface area contributed by atoms with Crippen LogP contribution in [-0.2, 0) is 14.8 Å². The summed E-state index contributed by atoms with van der Waals surface area (Å²) in [6.07, 6.45) is 2.47. The first-order valence-electron chi connectivity index (χ1n) is 10.1. The largest absolute Gasteiger partial charge is 0.339 e. The Morgan fingerprint density at radius 1 is 1.00 bits per heavy atom. The van der Waals surface area contributed by atoms with E-state index in [2.05, 4.69) is 10.0 Å².